The summed E-state index contributed by atoms with van der Waals surface area (Å²) >= 11 is 0. The van der Waals surface area contributed by atoms with E-state index in [0.717, 1.165) is 25.4 Å². The first-order valence-corrected chi connectivity index (χ1v) is 6.80. The third-order valence-electron chi connectivity index (χ3n) is 3.98. The van der Waals surface area contributed by atoms with Crippen LogP contribution in [0.4, 0.5) is 0 Å². The quantitative estimate of drug-likeness (QED) is 0.846. The van der Waals surface area contributed by atoms with Crippen molar-refractivity contribution in [2.75, 3.05) is 13.1 Å². The first kappa shape index (κ1) is 10.3. The predicted molar refractivity (Wildman–Crippen MR) is 73.5 cm³/mol. The van der Waals surface area contributed by atoms with E-state index in [1.165, 1.54) is 40.6 Å². The molecule has 2 heterocycles. The molecular weight excluding hydrogens is 222 g/mol. The van der Waals surface area contributed by atoms with Gasteiger partial charge in [-0.2, -0.15) is 5.10 Å². The van der Waals surface area contributed by atoms with Crippen molar-refractivity contribution in [1.82, 2.24) is 15.5 Å². The van der Waals surface area contributed by atoms with Crippen molar-refractivity contribution in [2.45, 2.75) is 25.2 Å². The van der Waals surface area contributed by atoms with Gasteiger partial charge in [-0.3, -0.25) is 5.10 Å². The van der Waals surface area contributed by atoms with Crippen molar-refractivity contribution in [3.63, 3.8) is 0 Å². The summed E-state index contributed by atoms with van der Waals surface area (Å²) in [5, 5.41) is 12.5. The normalized spacial score (nSPS) is 20.1. The van der Waals surface area contributed by atoms with Crippen LogP contribution in [0.3, 0.4) is 0 Å². The van der Waals surface area contributed by atoms with Gasteiger partial charge < -0.3 is 5.32 Å². The van der Waals surface area contributed by atoms with Gasteiger partial charge in [0.25, 0.3) is 0 Å². The van der Waals surface area contributed by atoms with Crippen molar-refractivity contribution >= 4 is 16.5 Å². The zero-order valence-electron chi connectivity index (χ0n) is 10.4. The number of para-hydroxylation sites is 1. The Morgan fingerprint density at radius 2 is 2.17 bits per heavy atom. The summed E-state index contributed by atoms with van der Waals surface area (Å²) in [5.41, 5.74) is 5.18. The second-order valence-corrected chi connectivity index (χ2v) is 5.31. The molecule has 1 aromatic heterocycles. The van der Waals surface area contributed by atoms with Crippen LogP contribution in [-0.2, 0) is 0 Å². The minimum Gasteiger partial charge on any atom is -0.312 e. The van der Waals surface area contributed by atoms with Crippen LogP contribution in [0.1, 0.15) is 36.4 Å². The number of benzene rings is 1. The van der Waals surface area contributed by atoms with E-state index < -0.39 is 0 Å². The van der Waals surface area contributed by atoms with E-state index in [-0.39, 0.29) is 0 Å². The summed E-state index contributed by atoms with van der Waals surface area (Å²) in [6.07, 6.45) is 6.09. The van der Waals surface area contributed by atoms with Gasteiger partial charge in [0.1, 0.15) is 0 Å². The zero-order chi connectivity index (χ0) is 11.9. The second-order valence-electron chi connectivity index (χ2n) is 5.31. The number of aromatic nitrogens is 2. The highest BCUT2D eigenvalue weighted by molar-refractivity contribution is 5.93. The highest BCUT2D eigenvalue weighted by Gasteiger charge is 2.26. The highest BCUT2D eigenvalue weighted by Crippen LogP contribution is 2.43. The molecule has 2 N–H and O–H groups in total. The first-order chi connectivity index (χ1) is 8.93. The zero-order valence-corrected chi connectivity index (χ0v) is 10.4. The predicted octanol–water partition coefficient (Wildman–Crippen LogP) is 2.82. The largest absolute Gasteiger partial charge is 0.312 e. The maximum Gasteiger partial charge on any atom is 0.0962 e. The average molecular weight is 239 g/mol. The lowest BCUT2D eigenvalue weighted by molar-refractivity contribution is 0.737. The summed E-state index contributed by atoms with van der Waals surface area (Å²) in [6.45, 7) is 2.04. The monoisotopic (exact) mass is 239 g/mol. The number of H-pyrrole nitrogens is 1. The molecule has 1 aliphatic carbocycles. The lowest BCUT2D eigenvalue weighted by Gasteiger charge is -2.13. The molecule has 0 unspecified atom stereocenters. The number of nitrogens with one attached hydrogen (secondary N) is 2. The number of hydrogen-bond donors (Lipinski definition) is 2. The molecule has 0 atom stereocenters. The first-order valence-electron chi connectivity index (χ1n) is 6.80. The summed E-state index contributed by atoms with van der Waals surface area (Å²) in [4.78, 5) is 0. The van der Waals surface area contributed by atoms with E-state index in [4.69, 9.17) is 0 Å². The Hall–Kier alpha value is -1.61. The van der Waals surface area contributed by atoms with Gasteiger partial charge in [0.15, 0.2) is 0 Å². The van der Waals surface area contributed by atoms with Crippen LogP contribution in [0.25, 0.3) is 16.5 Å². The van der Waals surface area contributed by atoms with Gasteiger partial charge in [0, 0.05) is 11.9 Å². The Morgan fingerprint density at radius 1 is 1.22 bits per heavy atom. The third-order valence-corrected chi connectivity index (χ3v) is 3.98. The summed E-state index contributed by atoms with van der Waals surface area (Å²) in [5.74, 6) is 0.753. The van der Waals surface area contributed by atoms with E-state index >= 15 is 0 Å². The minimum absolute atomic E-state index is 0.753. The molecule has 4 rings (SSSR count). The van der Waals surface area contributed by atoms with Crippen LogP contribution < -0.4 is 5.32 Å². The van der Waals surface area contributed by atoms with Crippen LogP contribution >= 0.6 is 0 Å². The van der Waals surface area contributed by atoms with E-state index in [1.54, 1.807) is 0 Å². The van der Waals surface area contributed by atoms with Gasteiger partial charge in [-0.25, -0.2) is 0 Å². The topological polar surface area (TPSA) is 40.7 Å². The van der Waals surface area contributed by atoms with Crippen LogP contribution in [0.15, 0.2) is 24.3 Å². The van der Waals surface area contributed by atoms with Crippen molar-refractivity contribution in [2.24, 2.45) is 0 Å². The van der Waals surface area contributed by atoms with Crippen LogP contribution in [-0.4, -0.2) is 23.3 Å². The van der Waals surface area contributed by atoms with Crippen molar-refractivity contribution < 1.29 is 0 Å². The number of rotatable bonds is 2. The molecule has 92 valence electrons. The van der Waals surface area contributed by atoms with Crippen molar-refractivity contribution in [3.05, 3.63) is 35.5 Å². The molecule has 0 saturated heterocycles. The van der Waals surface area contributed by atoms with Gasteiger partial charge >= 0.3 is 0 Å². The molecule has 0 radical (unpaired) electrons. The smallest absolute Gasteiger partial charge is 0.0962 e. The number of fused-ring (bicyclic) bond motifs is 1. The summed E-state index contributed by atoms with van der Waals surface area (Å²) in [7, 11) is 0. The van der Waals surface area contributed by atoms with Gasteiger partial charge in [-0.15, -0.1) is 0 Å². The lowest BCUT2D eigenvalue weighted by atomic mass is 10.0. The molecule has 1 saturated carbocycles. The van der Waals surface area contributed by atoms with Crippen molar-refractivity contribution in [3.8, 4) is 0 Å². The molecule has 18 heavy (non-hydrogen) atoms. The highest BCUT2D eigenvalue weighted by atomic mass is 15.1. The lowest BCUT2D eigenvalue weighted by Crippen LogP contribution is -2.21. The molecule has 0 bridgehead atoms. The maximum absolute atomic E-state index is 4.56. The second kappa shape index (κ2) is 3.95. The van der Waals surface area contributed by atoms with Gasteiger partial charge in [0.2, 0.25) is 0 Å². The Labute approximate surface area is 106 Å². The number of hydrogen-bond acceptors (Lipinski definition) is 2. The number of aromatic amines is 1. The molecule has 1 fully saturated rings. The van der Waals surface area contributed by atoms with E-state index in [2.05, 4.69) is 39.8 Å². The molecule has 0 spiro atoms. The Bertz CT molecular complexity index is 620. The van der Waals surface area contributed by atoms with Crippen molar-refractivity contribution in [1.29, 1.82) is 0 Å². The summed E-state index contributed by atoms with van der Waals surface area (Å²) < 4.78 is 0. The molecule has 1 aromatic carbocycles. The molecule has 0 amide bonds. The molecular formula is C15H17N3. The Balaban J connectivity index is 1.87. The SMILES string of the molecule is C1=C(c2[nH]nc3c(C4CC4)cccc23)CNCC1. The fraction of sp³-hybridized carbons (Fsp3) is 0.400. The fourth-order valence-corrected chi connectivity index (χ4v) is 2.86. The Morgan fingerprint density at radius 3 is 2.94 bits per heavy atom. The summed E-state index contributed by atoms with van der Waals surface area (Å²) in [6, 6.07) is 6.60. The molecule has 2 aliphatic rings. The molecule has 1 aliphatic heterocycles. The Kier molecular flexibility index (Phi) is 2.27. The van der Waals surface area contributed by atoms with Crippen LogP contribution in [0.5, 0.6) is 0 Å². The van der Waals surface area contributed by atoms with Gasteiger partial charge in [-0.1, -0.05) is 24.3 Å². The number of nitrogens with zero attached hydrogens (tertiary/aromatic N) is 1. The molecule has 3 nitrogen and oxygen atoms in total. The molecule has 2 aromatic rings. The van der Waals surface area contributed by atoms with Crippen LogP contribution in [0, 0.1) is 0 Å². The van der Waals surface area contributed by atoms with E-state index in [9.17, 15) is 0 Å². The van der Waals surface area contributed by atoms with Gasteiger partial charge in [0.05, 0.1) is 11.2 Å². The van der Waals surface area contributed by atoms with E-state index in [0.29, 0.717) is 0 Å². The van der Waals surface area contributed by atoms with Gasteiger partial charge in [-0.05, 0) is 42.9 Å². The maximum atomic E-state index is 4.56. The molecule has 3 heteroatoms. The van der Waals surface area contributed by atoms with Crippen LogP contribution in [0.2, 0.25) is 0 Å². The third kappa shape index (κ3) is 1.58. The average Bonchev–Trinajstić information content (AvgIpc) is 3.18. The minimum atomic E-state index is 0.753. The van der Waals surface area contributed by atoms with E-state index in [1.807, 2.05) is 0 Å². The fourth-order valence-electron chi connectivity index (χ4n) is 2.86. The standard InChI is InChI=1S/C15H17N3/c1-4-12(10-6-7-10)15-13(5-1)14(17-18-15)11-3-2-8-16-9-11/h1,3-5,10,16H,2,6-9H2,(H,17,18).